The standard InChI is InChI=1S/C10H8N4O4S2/c11-9-6(14(17)18)1-2-7(13-9)20-10-12-5(4-19-10)3-8(15)16/h1-2,4H,3H2,(H2,11,13)(H,15,16). The molecule has 3 N–H and O–H groups in total. The van der Waals surface area contributed by atoms with Gasteiger partial charge in [0.1, 0.15) is 5.03 Å². The molecule has 0 aliphatic rings. The lowest BCUT2D eigenvalue weighted by atomic mass is 10.3. The highest BCUT2D eigenvalue weighted by Gasteiger charge is 2.14. The largest absolute Gasteiger partial charge is 0.481 e. The number of carbonyl (C=O) groups is 1. The molecular weight excluding hydrogens is 304 g/mol. The van der Waals surface area contributed by atoms with Crippen molar-refractivity contribution in [3.05, 3.63) is 33.3 Å². The first-order chi connectivity index (χ1) is 9.45. The van der Waals surface area contributed by atoms with Crippen LogP contribution in [0.3, 0.4) is 0 Å². The second-order valence-electron chi connectivity index (χ2n) is 3.59. The molecule has 0 aliphatic heterocycles. The van der Waals surface area contributed by atoms with E-state index in [9.17, 15) is 14.9 Å². The first kappa shape index (κ1) is 14.2. The number of carboxylic acids is 1. The number of nitrogen functional groups attached to an aromatic ring is 1. The van der Waals surface area contributed by atoms with Gasteiger partial charge >= 0.3 is 11.7 Å². The van der Waals surface area contributed by atoms with Gasteiger partial charge in [-0.2, -0.15) is 0 Å². The average Bonchev–Trinajstić information content (AvgIpc) is 2.75. The quantitative estimate of drug-likeness (QED) is 0.631. The lowest BCUT2D eigenvalue weighted by Gasteiger charge is -1.99. The molecule has 2 aromatic rings. The fourth-order valence-corrected chi connectivity index (χ4v) is 3.08. The predicted octanol–water partition coefficient (Wildman–Crippen LogP) is 1.81. The summed E-state index contributed by atoms with van der Waals surface area (Å²) in [6.45, 7) is 0. The highest BCUT2D eigenvalue weighted by Crippen LogP contribution is 2.31. The molecule has 20 heavy (non-hydrogen) atoms. The van der Waals surface area contributed by atoms with Gasteiger partial charge < -0.3 is 10.8 Å². The number of nitrogens with zero attached hydrogens (tertiary/aromatic N) is 3. The van der Waals surface area contributed by atoms with Crippen LogP contribution in [0.4, 0.5) is 11.5 Å². The Morgan fingerprint density at radius 1 is 1.50 bits per heavy atom. The zero-order valence-electron chi connectivity index (χ0n) is 9.85. The third-order valence-electron chi connectivity index (χ3n) is 2.13. The SMILES string of the molecule is Nc1nc(Sc2nc(CC(=O)O)cs2)ccc1[N+](=O)[O-]. The highest BCUT2D eigenvalue weighted by molar-refractivity contribution is 8.01. The zero-order chi connectivity index (χ0) is 14.7. The molecule has 0 atom stereocenters. The number of aromatic nitrogens is 2. The van der Waals surface area contributed by atoms with E-state index in [1.54, 1.807) is 5.38 Å². The van der Waals surface area contributed by atoms with Crippen LogP contribution in [0.25, 0.3) is 0 Å². The van der Waals surface area contributed by atoms with E-state index in [0.717, 1.165) is 0 Å². The summed E-state index contributed by atoms with van der Waals surface area (Å²) in [5.41, 5.74) is 5.69. The molecular formula is C10H8N4O4S2. The molecule has 0 saturated carbocycles. The number of aliphatic carboxylic acids is 1. The number of hydrogen-bond acceptors (Lipinski definition) is 8. The fraction of sp³-hybridized carbons (Fsp3) is 0.100. The summed E-state index contributed by atoms with van der Waals surface area (Å²) in [6, 6.07) is 2.74. The van der Waals surface area contributed by atoms with Crippen LogP contribution in [0.2, 0.25) is 0 Å². The van der Waals surface area contributed by atoms with E-state index < -0.39 is 10.9 Å². The highest BCUT2D eigenvalue weighted by atomic mass is 32.2. The predicted molar refractivity (Wildman–Crippen MR) is 72.9 cm³/mol. The minimum Gasteiger partial charge on any atom is -0.481 e. The van der Waals surface area contributed by atoms with E-state index in [0.29, 0.717) is 15.1 Å². The van der Waals surface area contributed by atoms with Gasteiger partial charge in [0.25, 0.3) is 0 Å². The van der Waals surface area contributed by atoms with E-state index in [2.05, 4.69) is 9.97 Å². The lowest BCUT2D eigenvalue weighted by Crippen LogP contribution is -2.00. The summed E-state index contributed by atoms with van der Waals surface area (Å²) in [4.78, 5) is 28.6. The minimum absolute atomic E-state index is 0.146. The molecule has 0 amide bonds. The molecule has 0 unspecified atom stereocenters. The molecule has 0 saturated heterocycles. The van der Waals surface area contributed by atoms with E-state index in [1.807, 2.05) is 0 Å². The molecule has 0 aliphatic carbocycles. The van der Waals surface area contributed by atoms with Gasteiger partial charge in [0.05, 0.1) is 17.0 Å². The molecule has 10 heteroatoms. The number of rotatable bonds is 5. The Balaban J connectivity index is 2.14. The van der Waals surface area contributed by atoms with Crippen molar-refractivity contribution in [3.8, 4) is 0 Å². The summed E-state index contributed by atoms with van der Waals surface area (Å²) in [7, 11) is 0. The molecule has 0 spiro atoms. The molecule has 0 bridgehead atoms. The van der Waals surface area contributed by atoms with Gasteiger partial charge in [0.15, 0.2) is 4.34 Å². The normalized spacial score (nSPS) is 10.4. The Bertz CT molecular complexity index is 673. The Morgan fingerprint density at radius 3 is 2.85 bits per heavy atom. The molecule has 0 radical (unpaired) electrons. The fourth-order valence-electron chi connectivity index (χ4n) is 1.32. The van der Waals surface area contributed by atoms with Crippen LogP contribution < -0.4 is 5.73 Å². The number of hydrogen-bond donors (Lipinski definition) is 2. The van der Waals surface area contributed by atoms with Gasteiger partial charge in [0.2, 0.25) is 5.82 Å². The molecule has 0 aromatic carbocycles. The molecule has 104 valence electrons. The monoisotopic (exact) mass is 312 g/mol. The van der Waals surface area contributed by atoms with Crippen LogP contribution in [0.1, 0.15) is 5.69 Å². The van der Waals surface area contributed by atoms with Gasteiger partial charge in [0, 0.05) is 11.4 Å². The number of nitrogens with two attached hydrogens (primary N) is 1. The van der Waals surface area contributed by atoms with E-state index >= 15 is 0 Å². The zero-order valence-corrected chi connectivity index (χ0v) is 11.5. The van der Waals surface area contributed by atoms with Crippen molar-refractivity contribution in [2.45, 2.75) is 15.8 Å². The van der Waals surface area contributed by atoms with Crippen molar-refractivity contribution in [3.63, 3.8) is 0 Å². The maximum Gasteiger partial charge on any atom is 0.311 e. The minimum atomic E-state index is -0.954. The van der Waals surface area contributed by atoms with Crippen molar-refractivity contribution in [1.29, 1.82) is 0 Å². The van der Waals surface area contributed by atoms with E-state index in [4.69, 9.17) is 10.8 Å². The first-order valence-electron chi connectivity index (χ1n) is 5.20. The van der Waals surface area contributed by atoms with Gasteiger partial charge in [-0.05, 0) is 17.8 Å². The maximum absolute atomic E-state index is 10.6. The van der Waals surface area contributed by atoms with E-state index in [1.165, 1.54) is 35.2 Å². The maximum atomic E-state index is 10.6. The number of pyridine rings is 1. The summed E-state index contributed by atoms with van der Waals surface area (Å²) < 4.78 is 0.599. The number of carboxylic acid groups (broad SMARTS) is 1. The molecule has 0 fully saturated rings. The lowest BCUT2D eigenvalue weighted by molar-refractivity contribution is -0.384. The molecule has 8 nitrogen and oxygen atoms in total. The summed E-state index contributed by atoms with van der Waals surface area (Å²) >= 11 is 2.45. The van der Waals surface area contributed by atoms with Crippen LogP contribution >= 0.6 is 23.1 Å². The van der Waals surface area contributed by atoms with Crippen LogP contribution in [0, 0.1) is 10.1 Å². The second-order valence-corrected chi connectivity index (χ2v) is 5.71. The Hall–Kier alpha value is -2.20. The Kier molecular flexibility index (Phi) is 4.15. The summed E-state index contributed by atoms with van der Waals surface area (Å²) in [5.74, 6) is -1.12. The van der Waals surface area contributed by atoms with Crippen molar-refractivity contribution in [2.24, 2.45) is 0 Å². The molecule has 2 heterocycles. The van der Waals surface area contributed by atoms with Crippen molar-refractivity contribution in [2.75, 3.05) is 5.73 Å². The summed E-state index contributed by atoms with van der Waals surface area (Å²) in [5, 5.41) is 21.4. The number of anilines is 1. The molecule has 2 rings (SSSR count). The van der Waals surface area contributed by atoms with Gasteiger partial charge in [-0.15, -0.1) is 11.3 Å². The van der Waals surface area contributed by atoms with Gasteiger partial charge in [-0.25, -0.2) is 9.97 Å². The molecule has 2 aromatic heterocycles. The van der Waals surface area contributed by atoms with Crippen molar-refractivity contribution >= 4 is 40.6 Å². The average molecular weight is 312 g/mol. The van der Waals surface area contributed by atoms with E-state index in [-0.39, 0.29) is 17.9 Å². The number of thiazole rings is 1. The van der Waals surface area contributed by atoms with Crippen LogP contribution in [-0.4, -0.2) is 26.0 Å². The number of nitro groups is 1. The smallest absolute Gasteiger partial charge is 0.311 e. The topological polar surface area (TPSA) is 132 Å². The third kappa shape index (κ3) is 3.42. The Labute approximate surface area is 120 Å². The second kappa shape index (κ2) is 5.84. The summed E-state index contributed by atoms with van der Waals surface area (Å²) in [6.07, 6.45) is -0.146. The van der Waals surface area contributed by atoms with Gasteiger partial charge in [-0.1, -0.05) is 0 Å². The van der Waals surface area contributed by atoms with Crippen LogP contribution in [-0.2, 0) is 11.2 Å². The van der Waals surface area contributed by atoms with Gasteiger partial charge in [-0.3, -0.25) is 14.9 Å². The van der Waals surface area contributed by atoms with Crippen LogP contribution in [0.15, 0.2) is 26.9 Å². The first-order valence-corrected chi connectivity index (χ1v) is 6.90. The Morgan fingerprint density at radius 2 is 2.25 bits per heavy atom. The van der Waals surface area contributed by atoms with Crippen molar-refractivity contribution in [1.82, 2.24) is 9.97 Å². The van der Waals surface area contributed by atoms with Crippen LogP contribution in [0.5, 0.6) is 0 Å². The third-order valence-corrected chi connectivity index (χ3v) is 4.05. The van der Waals surface area contributed by atoms with Crippen molar-refractivity contribution < 1.29 is 14.8 Å².